The van der Waals surface area contributed by atoms with Crippen molar-refractivity contribution in [2.75, 3.05) is 12.9 Å². The van der Waals surface area contributed by atoms with Gasteiger partial charge in [-0.05, 0) is 18.6 Å². The van der Waals surface area contributed by atoms with E-state index < -0.39 is 10.1 Å². The Hall–Kier alpha value is -1.83. The molecule has 0 radical (unpaired) electrons. The summed E-state index contributed by atoms with van der Waals surface area (Å²) in [4.78, 5) is 11.0. The third-order valence-corrected chi connectivity index (χ3v) is 4.95. The van der Waals surface area contributed by atoms with Crippen molar-refractivity contribution in [1.82, 2.24) is 9.97 Å². The molecule has 7 heteroatoms. The van der Waals surface area contributed by atoms with Crippen molar-refractivity contribution < 1.29 is 12.6 Å². The molecule has 120 valence electrons. The van der Waals surface area contributed by atoms with Gasteiger partial charge in [0.1, 0.15) is 10.7 Å². The number of hydrogen-bond acceptors (Lipinski definition) is 6. The lowest BCUT2D eigenvalue weighted by molar-refractivity contribution is 0.325. The Morgan fingerprint density at radius 3 is 2.61 bits per heavy atom. The Morgan fingerprint density at radius 2 is 1.91 bits per heavy atom. The average molecular weight is 348 g/mol. The van der Waals surface area contributed by atoms with Crippen molar-refractivity contribution in [1.29, 1.82) is 0 Å². The minimum absolute atomic E-state index is 0.0842. The van der Waals surface area contributed by atoms with E-state index >= 15 is 0 Å². The molecule has 1 aromatic carbocycles. The van der Waals surface area contributed by atoms with E-state index in [1.165, 1.54) is 0 Å². The molecule has 0 aliphatic heterocycles. The Kier molecular flexibility index (Phi) is 4.43. The maximum atomic E-state index is 11.1. The van der Waals surface area contributed by atoms with Gasteiger partial charge >= 0.3 is 0 Å². The molecule has 3 aromatic rings. The van der Waals surface area contributed by atoms with Gasteiger partial charge in [0, 0.05) is 16.7 Å². The number of aryl methyl sites for hydroxylation is 1. The van der Waals surface area contributed by atoms with E-state index in [0.29, 0.717) is 12.2 Å². The molecule has 0 saturated carbocycles. The van der Waals surface area contributed by atoms with E-state index in [1.54, 1.807) is 11.3 Å². The monoisotopic (exact) mass is 348 g/mol. The highest BCUT2D eigenvalue weighted by molar-refractivity contribution is 7.85. The second-order valence-corrected chi connectivity index (χ2v) is 7.86. The van der Waals surface area contributed by atoms with Crippen LogP contribution < -0.4 is 0 Å². The number of rotatable bonds is 5. The molecule has 23 heavy (non-hydrogen) atoms. The highest BCUT2D eigenvalue weighted by Crippen LogP contribution is 2.33. The van der Waals surface area contributed by atoms with E-state index in [4.69, 9.17) is 4.18 Å². The van der Waals surface area contributed by atoms with Gasteiger partial charge in [-0.15, -0.1) is 11.3 Å². The molecule has 5 nitrogen and oxygen atoms in total. The maximum absolute atomic E-state index is 11.1. The van der Waals surface area contributed by atoms with Crippen LogP contribution in [-0.2, 0) is 20.7 Å². The molecule has 0 aliphatic rings. The lowest BCUT2D eigenvalue weighted by Gasteiger charge is -2.03. The van der Waals surface area contributed by atoms with E-state index in [-0.39, 0.29) is 6.61 Å². The second-order valence-electron chi connectivity index (χ2n) is 5.19. The topological polar surface area (TPSA) is 69.2 Å². The zero-order valence-electron chi connectivity index (χ0n) is 12.8. The summed E-state index contributed by atoms with van der Waals surface area (Å²) in [7, 11) is -3.44. The first-order chi connectivity index (χ1) is 10.9. The van der Waals surface area contributed by atoms with Crippen molar-refractivity contribution in [2.45, 2.75) is 13.3 Å². The number of benzene rings is 1. The average Bonchev–Trinajstić information content (AvgIpc) is 2.90. The predicted molar refractivity (Wildman–Crippen MR) is 92.1 cm³/mol. The van der Waals surface area contributed by atoms with Crippen molar-refractivity contribution in [3.05, 3.63) is 47.9 Å². The molecule has 0 N–H and O–H groups in total. The smallest absolute Gasteiger partial charge is 0.264 e. The van der Waals surface area contributed by atoms with Gasteiger partial charge in [-0.2, -0.15) is 8.42 Å². The number of fused-ring (bicyclic) bond motifs is 1. The highest BCUT2D eigenvalue weighted by atomic mass is 32.2. The van der Waals surface area contributed by atoms with Gasteiger partial charge in [-0.3, -0.25) is 4.18 Å². The van der Waals surface area contributed by atoms with Crippen LogP contribution in [0.4, 0.5) is 0 Å². The van der Waals surface area contributed by atoms with Crippen LogP contribution in [0, 0.1) is 6.92 Å². The third kappa shape index (κ3) is 3.93. The fraction of sp³-hybridized carbons (Fsp3) is 0.250. The first kappa shape index (κ1) is 16.0. The first-order valence-electron chi connectivity index (χ1n) is 7.09. The summed E-state index contributed by atoms with van der Waals surface area (Å²) in [5.74, 6) is 0.674. The SMILES string of the molecule is Cc1nc(CCOS(C)(=O)=O)c2cc(-c3ccccc3)sc2n1. The van der Waals surface area contributed by atoms with Gasteiger partial charge < -0.3 is 0 Å². The number of hydrogen-bond donors (Lipinski definition) is 0. The van der Waals surface area contributed by atoms with Gasteiger partial charge in [-0.25, -0.2) is 9.97 Å². The fourth-order valence-corrected chi connectivity index (χ4v) is 3.81. The first-order valence-corrected chi connectivity index (χ1v) is 9.72. The summed E-state index contributed by atoms with van der Waals surface area (Å²) < 4.78 is 27.0. The maximum Gasteiger partial charge on any atom is 0.264 e. The summed E-state index contributed by atoms with van der Waals surface area (Å²) in [6.07, 6.45) is 1.48. The van der Waals surface area contributed by atoms with Crippen LogP contribution in [0.15, 0.2) is 36.4 Å². The fourth-order valence-electron chi connectivity index (χ4n) is 2.32. The lowest BCUT2D eigenvalue weighted by Crippen LogP contribution is -2.07. The molecule has 0 bridgehead atoms. The Bertz CT molecular complexity index is 935. The molecule has 0 atom stereocenters. The molecular formula is C16H16N2O3S2. The summed E-state index contributed by atoms with van der Waals surface area (Å²) in [5, 5.41) is 0.955. The molecule has 0 saturated heterocycles. The van der Waals surface area contributed by atoms with Crippen LogP contribution in [0.5, 0.6) is 0 Å². The molecular weight excluding hydrogens is 332 g/mol. The summed E-state index contributed by atoms with van der Waals surface area (Å²) in [6.45, 7) is 1.92. The lowest BCUT2D eigenvalue weighted by atomic mass is 10.1. The number of aromatic nitrogens is 2. The normalized spacial score (nSPS) is 11.9. The van der Waals surface area contributed by atoms with E-state index in [2.05, 4.69) is 28.2 Å². The predicted octanol–water partition coefficient (Wildman–Crippen LogP) is 3.19. The van der Waals surface area contributed by atoms with Crippen molar-refractivity contribution in [3.8, 4) is 10.4 Å². The summed E-state index contributed by atoms with van der Waals surface area (Å²) in [6, 6.07) is 12.1. The minimum atomic E-state index is -3.44. The van der Waals surface area contributed by atoms with Gasteiger partial charge in [0.25, 0.3) is 10.1 Å². The van der Waals surface area contributed by atoms with Gasteiger partial charge in [0.2, 0.25) is 0 Å². The third-order valence-electron chi connectivity index (χ3n) is 3.28. The minimum Gasteiger partial charge on any atom is -0.270 e. The standard InChI is InChI=1S/C16H16N2O3S2/c1-11-17-14(8-9-21-23(2,19)20)13-10-15(22-16(13)18-11)12-6-4-3-5-7-12/h3-7,10H,8-9H2,1-2H3. The number of thiophene rings is 1. The zero-order chi connectivity index (χ0) is 16.4. The van der Waals surface area contributed by atoms with Gasteiger partial charge in [0.05, 0.1) is 18.6 Å². The summed E-state index contributed by atoms with van der Waals surface area (Å²) >= 11 is 1.61. The van der Waals surface area contributed by atoms with Crippen LogP contribution in [0.1, 0.15) is 11.5 Å². The van der Waals surface area contributed by atoms with E-state index in [9.17, 15) is 8.42 Å². The largest absolute Gasteiger partial charge is 0.270 e. The van der Waals surface area contributed by atoms with Gasteiger partial charge in [-0.1, -0.05) is 30.3 Å². The second kappa shape index (κ2) is 6.35. The molecule has 3 rings (SSSR count). The van der Waals surface area contributed by atoms with Crippen molar-refractivity contribution in [3.63, 3.8) is 0 Å². The highest BCUT2D eigenvalue weighted by Gasteiger charge is 2.12. The van der Waals surface area contributed by atoms with Gasteiger partial charge in [0.15, 0.2) is 0 Å². The molecule has 0 amide bonds. The Balaban J connectivity index is 1.96. The molecule has 0 spiro atoms. The van der Waals surface area contributed by atoms with Crippen molar-refractivity contribution >= 4 is 31.7 Å². The van der Waals surface area contributed by atoms with Crippen LogP contribution in [0.3, 0.4) is 0 Å². The van der Waals surface area contributed by atoms with Crippen LogP contribution >= 0.6 is 11.3 Å². The van der Waals surface area contributed by atoms with Crippen LogP contribution in [0.2, 0.25) is 0 Å². The van der Waals surface area contributed by atoms with E-state index in [0.717, 1.165) is 32.6 Å². The molecule has 0 fully saturated rings. The van der Waals surface area contributed by atoms with Crippen LogP contribution in [0.25, 0.3) is 20.7 Å². The zero-order valence-corrected chi connectivity index (χ0v) is 14.4. The summed E-state index contributed by atoms with van der Waals surface area (Å²) in [5.41, 5.74) is 1.95. The Morgan fingerprint density at radius 1 is 1.17 bits per heavy atom. The van der Waals surface area contributed by atoms with Crippen LogP contribution in [-0.4, -0.2) is 31.2 Å². The van der Waals surface area contributed by atoms with E-state index in [1.807, 2.05) is 25.1 Å². The molecule has 0 aliphatic carbocycles. The molecule has 2 heterocycles. The quantitative estimate of drug-likeness (QED) is 0.662. The van der Waals surface area contributed by atoms with Crippen molar-refractivity contribution in [2.24, 2.45) is 0 Å². The number of nitrogens with zero attached hydrogens (tertiary/aromatic N) is 2. The molecule has 2 aromatic heterocycles. The Labute approximate surface area is 139 Å². The molecule has 0 unspecified atom stereocenters.